The van der Waals surface area contributed by atoms with Gasteiger partial charge in [0.25, 0.3) is 0 Å². The summed E-state index contributed by atoms with van der Waals surface area (Å²) in [5.41, 5.74) is 5.76. The van der Waals surface area contributed by atoms with E-state index in [2.05, 4.69) is 45.8 Å². The lowest BCUT2D eigenvalue weighted by Crippen LogP contribution is -2.45. The van der Waals surface area contributed by atoms with E-state index in [0.717, 1.165) is 80.0 Å². The van der Waals surface area contributed by atoms with Gasteiger partial charge in [-0.2, -0.15) is 20.2 Å². The number of carbonyl (C=O) groups excluding carboxylic acids is 1. The second kappa shape index (κ2) is 20.8. The maximum atomic E-state index is 12.1. The highest BCUT2D eigenvalue weighted by Gasteiger charge is 2.38. The number of esters is 1. The minimum atomic E-state index is -0.965. The van der Waals surface area contributed by atoms with Crippen LogP contribution in [0.5, 0.6) is 0 Å². The summed E-state index contributed by atoms with van der Waals surface area (Å²) in [6.45, 7) is 8.54. The van der Waals surface area contributed by atoms with Crippen LogP contribution in [0.15, 0.2) is 110 Å². The second-order valence-corrected chi connectivity index (χ2v) is 20.0. The summed E-state index contributed by atoms with van der Waals surface area (Å²) in [4.78, 5) is 36.9. The third-order valence-electron chi connectivity index (χ3n) is 13.1. The molecule has 5 N–H and O–H groups in total. The maximum absolute atomic E-state index is 12.1. The van der Waals surface area contributed by atoms with Crippen LogP contribution in [0.4, 0.5) is 34.6 Å². The van der Waals surface area contributed by atoms with Crippen LogP contribution in [0.25, 0.3) is 11.3 Å². The van der Waals surface area contributed by atoms with Gasteiger partial charge in [-0.3, -0.25) is 19.0 Å². The predicted molar refractivity (Wildman–Crippen MR) is 274 cm³/mol. The molecular formula is C50H56Cl2N14O6. The van der Waals surface area contributed by atoms with Crippen molar-refractivity contribution in [3.05, 3.63) is 131 Å². The van der Waals surface area contributed by atoms with Gasteiger partial charge in [0.1, 0.15) is 18.7 Å². The minimum absolute atomic E-state index is 0.0159. The first-order valence-electron chi connectivity index (χ1n) is 23.6. The zero-order valence-electron chi connectivity index (χ0n) is 40.1. The first kappa shape index (κ1) is 49.7. The Balaban J connectivity index is 0.000000179. The van der Waals surface area contributed by atoms with Gasteiger partial charge >= 0.3 is 11.9 Å². The van der Waals surface area contributed by atoms with E-state index >= 15 is 0 Å². The molecular weight excluding hydrogens is 964 g/mol. The number of piperidine rings is 2. The largest absolute Gasteiger partial charge is 0.480 e. The van der Waals surface area contributed by atoms with Crippen LogP contribution in [0.3, 0.4) is 0 Å². The first-order valence-corrected chi connectivity index (χ1v) is 24.3. The topological polar surface area (TPSA) is 231 Å². The fraction of sp³-hybridized carbons (Fsp3) is 0.360. The molecule has 2 aliphatic heterocycles. The molecule has 22 heteroatoms. The molecule has 0 atom stereocenters. The van der Waals surface area contributed by atoms with Gasteiger partial charge < -0.3 is 40.5 Å². The molecule has 2 fully saturated rings. The number of aliphatic carboxylic acids is 1. The average molecular weight is 1020 g/mol. The second-order valence-electron chi connectivity index (χ2n) is 19.1. The molecule has 0 bridgehead atoms. The Kier molecular flexibility index (Phi) is 14.4. The number of carboxylic acid groups (broad SMARTS) is 1. The standard InChI is InChI=1S/C27H32ClN7O3.C23H24ClN7O3/c1-26(2,3)38-23(37)17-34-16-21(15-29-34)30-25-31-24-22(5-4-12-35(24)32-25)33-13-10-27(18-36,11-14-33)19-6-8-20(28)9-7-19;24-17-5-3-16(4-6-17)23(15-32)7-10-29(11-8-23)19-2-1-9-31-21(19)27-22(28-31)26-18-12-25-30(13-18)14-20(33)34/h4-9,12,15-16,36H,10-11,13-14,17-18H2,1-3H3,(H,30,32);1-6,9,12-13,32H,7-8,10-11,14-15H2,(H,26,28)(H,33,34). The molecule has 8 heterocycles. The number of nitrogens with zero attached hydrogens (tertiary/aromatic N) is 12. The summed E-state index contributed by atoms with van der Waals surface area (Å²) in [7, 11) is 0. The Morgan fingerprint density at radius 3 is 1.46 bits per heavy atom. The van der Waals surface area contributed by atoms with Crippen LogP contribution in [-0.2, 0) is 38.2 Å². The van der Waals surface area contributed by atoms with E-state index in [0.29, 0.717) is 39.0 Å². The van der Waals surface area contributed by atoms with Crippen molar-refractivity contribution in [2.24, 2.45) is 0 Å². The average Bonchev–Trinajstić information content (AvgIpc) is 4.19. The highest BCUT2D eigenvalue weighted by molar-refractivity contribution is 6.30. The van der Waals surface area contributed by atoms with Crippen LogP contribution in [0, 0.1) is 0 Å². The third-order valence-corrected chi connectivity index (χ3v) is 13.6. The lowest BCUT2D eigenvalue weighted by Gasteiger charge is -2.42. The number of benzene rings is 2. The molecule has 2 saturated heterocycles. The number of carbonyl (C=O) groups is 2. The number of nitrogens with one attached hydrogen (secondary N) is 2. The number of aliphatic hydroxyl groups excluding tert-OH is 2. The number of halogens is 2. The van der Waals surface area contributed by atoms with Gasteiger partial charge in [0.05, 0.1) is 48.4 Å². The third kappa shape index (κ3) is 11.3. The molecule has 0 radical (unpaired) electrons. The number of ether oxygens (including phenoxy) is 1. The zero-order chi connectivity index (χ0) is 50.6. The lowest BCUT2D eigenvalue weighted by molar-refractivity contribution is -0.155. The van der Waals surface area contributed by atoms with Crippen molar-refractivity contribution >= 4 is 81.1 Å². The van der Waals surface area contributed by atoms with E-state index in [-0.39, 0.29) is 43.1 Å². The monoisotopic (exact) mass is 1020 g/mol. The molecule has 0 aliphatic carbocycles. The number of pyridine rings is 2. The van der Waals surface area contributed by atoms with Crippen molar-refractivity contribution < 1.29 is 29.6 Å². The summed E-state index contributed by atoms with van der Waals surface area (Å²) in [5, 5.41) is 54.4. The normalized spacial score (nSPS) is 15.5. The van der Waals surface area contributed by atoms with Gasteiger partial charge in [0.2, 0.25) is 11.9 Å². The highest BCUT2D eigenvalue weighted by Crippen LogP contribution is 2.39. The van der Waals surface area contributed by atoms with Crippen LogP contribution >= 0.6 is 23.2 Å². The Hall–Kier alpha value is -7.26. The number of aliphatic hydroxyl groups is 2. The molecule has 20 nitrogen and oxygen atoms in total. The van der Waals surface area contributed by atoms with E-state index in [1.807, 2.05) is 106 Å². The molecule has 376 valence electrons. The van der Waals surface area contributed by atoms with Crippen molar-refractivity contribution in [1.82, 2.24) is 48.8 Å². The van der Waals surface area contributed by atoms with E-state index < -0.39 is 11.6 Å². The maximum Gasteiger partial charge on any atom is 0.328 e. The van der Waals surface area contributed by atoms with Gasteiger partial charge in [-0.05, 0) is 106 Å². The van der Waals surface area contributed by atoms with E-state index in [9.17, 15) is 19.8 Å². The predicted octanol–water partition coefficient (Wildman–Crippen LogP) is 7.13. The number of hydrogen-bond acceptors (Lipinski definition) is 15. The number of fused-ring (bicyclic) bond motifs is 2. The lowest BCUT2D eigenvalue weighted by atomic mass is 9.73. The Morgan fingerprint density at radius 1 is 0.653 bits per heavy atom. The summed E-state index contributed by atoms with van der Waals surface area (Å²) in [6, 6.07) is 23.5. The fourth-order valence-corrected chi connectivity index (χ4v) is 9.60. The molecule has 2 aromatic carbocycles. The molecule has 0 unspecified atom stereocenters. The molecule has 6 aromatic heterocycles. The van der Waals surface area contributed by atoms with Crippen LogP contribution < -0.4 is 20.4 Å². The van der Waals surface area contributed by atoms with E-state index in [4.69, 9.17) is 38.0 Å². The Bertz CT molecular complexity index is 3150. The first-order chi connectivity index (χ1) is 34.6. The van der Waals surface area contributed by atoms with Gasteiger partial charge in [-0.1, -0.05) is 47.5 Å². The number of aromatic nitrogens is 10. The van der Waals surface area contributed by atoms with Crippen molar-refractivity contribution in [3.8, 4) is 0 Å². The highest BCUT2D eigenvalue weighted by atomic mass is 35.5. The van der Waals surface area contributed by atoms with Crippen LogP contribution in [0.1, 0.15) is 57.6 Å². The molecule has 0 saturated carbocycles. The van der Waals surface area contributed by atoms with Crippen molar-refractivity contribution in [2.45, 2.75) is 76.0 Å². The summed E-state index contributed by atoms with van der Waals surface area (Å²) >= 11 is 12.1. The molecule has 0 spiro atoms. The molecule has 72 heavy (non-hydrogen) atoms. The number of anilines is 6. The van der Waals surface area contributed by atoms with E-state index in [1.54, 1.807) is 27.6 Å². The number of carboxylic acids is 1. The summed E-state index contributed by atoms with van der Waals surface area (Å²) in [6.07, 6.45) is 13.4. The summed E-state index contributed by atoms with van der Waals surface area (Å²) in [5.74, 6) is -0.499. The SMILES string of the molecule is CC(C)(C)OC(=O)Cn1cc(Nc2nc3c(N4CCC(CO)(c5ccc(Cl)cc5)CC4)cccn3n2)cn1.O=C(O)Cn1cc(Nc2nc3c(N4CCC(CO)(c5ccc(Cl)cc5)CC4)cccn3n2)cn1. The Morgan fingerprint density at radius 2 is 1.07 bits per heavy atom. The van der Waals surface area contributed by atoms with Crippen molar-refractivity contribution in [3.63, 3.8) is 0 Å². The molecule has 10 rings (SSSR count). The van der Waals surface area contributed by atoms with Crippen molar-refractivity contribution in [2.75, 3.05) is 59.8 Å². The molecule has 2 aliphatic rings. The molecule has 0 amide bonds. The molecule has 8 aromatic rings. The Labute approximate surface area is 424 Å². The van der Waals surface area contributed by atoms with Crippen molar-refractivity contribution in [1.29, 1.82) is 0 Å². The van der Waals surface area contributed by atoms with Gasteiger partial charge in [-0.25, -0.2) is 9.03 Å². The van der Waals surface area contributed by atoms with E-state index in [1.165, 1.54) is 15.6 Å². The van der Waals surface area contributed by atoms with Crippen LogP contribution in [-0.4, -0.2) is 121 Å². The quantitative estimate of drug-likeness (QED) is 0.0682. The van der Waals surface area contributed by atoms with Gasteiger partial charge in [0, 0.05) is 71.8 Å². The summed E-state index contributed by atoms with van der Waals surface area (Å²) < 4.78 is 11.7. The minimum Gasteiger partial charge on any atom is -0.480 e. The smallest absolute Gasteiger partial charge is 0.328 e. The van der Waals surface area contributed by atoms with Gasteiger partial charge in [-0.15, -0.1) is 10.2 Å². The van der Waals surface area contributed by atoms with Crippen LogP contribution in [0.2, 0.25) is 10.0 Å². The van der Waals surface area contributed by atoms with Gasteiger partial charge in [0.15, 0.2) is 11.3 Å². The number of hydrogen-bond donors (Lipinski definition) is 5. The fourth-order valence-electron chi connectivity index (χ4n) is 9.35. The zero-order valence-corrected chi connectivity index (χ0v) is 41.6. The number of rotatable bonds is 14.